The number of para-hydroxylation sites is 1. The minimum absolute atomic E-state index is 0.00929. The highest BCUT2D eigenvalue weighted by atomic mass is 16.2. The molecular weight excluding hydrogens is 326 g/mol. The second-order valence-corrected chi connectivity index (χ2v) is 6.51. The molecule has 0 spiro atoms. The highest BCUT2D eigenvalue weighted by molar-refractivity contribution is 5.89. The molecule has 0 radical (unpaired) electrons. The van der Waals surface area contributed by atoms with E-state index in [9.17, 15) is 4.79 Å². The van der Waals surface area contributed by atoms with Crippen LogP contribution < -0.4 is 10.6 Å². The number of hydrogen-bond acceptors (Lipinski definition) is 3. The Bertz CT molecular complexity index is 847. The maximum Gasteiger partial charge on any atom is 0.319 e. The fourth-order valence-corrected chi connectivity index (χ4v) is 3.50. The Labute approximate surface area is 153 Å². The minimum Gasteiger partial charge on any atom is -0.332 e. The highest BCUT2D eigenvalue weighted by Crippen LogP contribution is 2.33. The van der Waals surface area contributed by atoms with Gasteiger partial charge in [0.05, 0.1) is 24.7 Å². The molecule has 0 aliphatic heterocycles. The number of urea groups is 1. The van der Waals surface area contributed by atoms with Crippen molar-refractivity contribution in [3.63, 3.8) is 0 Å². The molecule has 0 fully saturated rings. The van der Waals surface area contributed by atoms with Crippen LogP contribution in [-0.4, -0.2) is 21.9 Å². The Morgan fingerprint density at radius 1 is 1.31 bits per heavy atom. The second-order valence-electron chi connectivity index (χ2n) is 6.51. The van der Waals surface area contributed by atoms with Crippen molar-refractivity contribution in [2.75, 3.05) is 5.32 Å². The SMILES string of the molecule is Cc1nn(CCC#N)c(C)c1C1C=CC(NC(=O)Nc2ccccc2)C1. The summed E-state index contributed by atoms with van der Waals surface area (Å²) in [6.45, 7) is 4.66. The summed E-state index contributed by atoms with van der Waals surface area (Å²) in [6, 6.07) is 11.3. The van der Waals surface area contributed by atoms with Gasteiger partial charge in [-0.1, -0.05) is 30.4 Å². The van der Waals surface area contributed by atoms with Crippen LogP contribution in [0, 0.1) is 25.2 Å². The van der Waals surface area contributed by atoms with Gasteiger partial charge in [0.15, 0.2) is 0 Å². The zero-order valence-electron chi connectivity index (χ0n) is 15.1. The third kappa shape index (κ3) is 3.94. The van der Waals surface area contributed by atoms with E-state index in [1.54, 1.807) is 0 Å². The number of aromatic nitrogens is 2. The van der Waals surface area contributed by atoms with E-state index in [-0.39, 0.29) is 18.0 Å². The number of rotatable bonds is 5. The number of allylic oxidation sites excluding steroid dienone is 1. The van der Waals surface area contributed by atoms with Crippen molar-refractivity contribution < 1.29 is 4.79 Å². The molecule has 2 atom stereocenters. The molecule has 26 heavy (non-hydrogen) atoms. The van der Waals surface area contributed by atoms with Crippen LogP contribution in [0.3, 0.4) is 0 Å². The molecule has 1 aromatic heterocycles. The predicted octanol–water partition coefficient (Wildman–Crippen LogP) is 3.65. The molecule has 0 bridgehead atoms. The molecule has 0 saturated carbocycles. The maximum atomic E-state index is 12.2. The van der Waals surface area contributed by atoms with E-state index in [1.165, 1.54) is 5.56 Å². The molecule has 2 unspecified atom stereocenters. The van der Waals surface area contributed by atoms with Gasteiger partial charge < -0.3 is 10.6 Å². The van der Waals surface area contributed by atoms with E-state index in [1.807, 2.05) is 54.9 Å². The van der Waals surface area contributed by atoms with E-state index >= 15 is 0 Å². The average Bonchev–Trinajstić information content (AvgIpc) is 3.17. The lowest BCUT2D eigenvalue weighted by atomic mass is 9.96. The van der Waals surface area contributed by atoms with Gasteiger partial charge in [-0.3, -0.25) is 4.68 Å². The summed E-state index contributed by atoms with van der Waals surface area (Å²) in [4.78, 5) is 12.2. The largest absolute Gasteiger partial charge is 0.332 e. The number of amides is 2. The second kappa shape index (κ2) is 7.87. The van der Waals surface area contributed by atoms with Crippen LogP contribution in [0.1, 0.15) is 35.7 Å². The van der Waals surface area contributed by atoms with Gasteiger partial charge in [0.2, 0.25) is 0 Å². The molecule has 1 aromatic carbocycles. The molecule has 2 aromatic rings. The van der Waals surface area contributed by atoms with Gasteiger partial charge in [0.25, 0.3) is 0 Å². The first kappa shape index (κ1) is 17.7. The van der Waals surface area contributed by atoms with Crippen molar-refractivity contribution in [3.8, 4) is 6.07 Å². The Morgan fingerprint density at radius 2 is 2.08 bits per heavy atom. The van der Waals surface area contributed by atoms with Gasteiger partial charge in [-0.2, -0.15) is 10.4 Å². The van der Waals surface area contributed by atoms with Crippen molar-refractivity contribution in [2.45, 2.75) is 45.2 Å². The summed E-state index contributed by atoms with van der Waals surface area (Å²) in [5.41, 5.74) is 4.06. The molecule has 0 saturated heterocycles. The zero-order chi connectivity index (χ0) is 18.5. The molecule has 1 aliphatic rings. The van der Waals surface area contributed by atoms with Crippen molar-refractivity contribution >= 4 is 11.7 Å². The summed E-state index contributed by atoms with van der Waals surface area (Å²) in [5, 5.41) is 19.2. The molecule has 1 aliphatic carbocycles. The van der Waals surface area contributed by atoms with Crippen molar-refractivity contribution in [1.29, 1.82) is 5.26 Å². The predicted molar refractivity (Wildman–Crippen MR) is 101 cm³/mol. The normalized spacial score (nSPS) is 18.5. The molecule has 6 heteroatoms. The van der Waals surface area contributed by atoms with Gasteiger partial charge in [-0.15, -0.1) is 0 Å². The molecule has 1 heterocycles. The number of aryl methyl sites for hydroxylation is 2. The summed E-state index contributed by atoms with van der Waals surface area (Å²) < 4.78 is 1.91. The van der Waals surface area contributed by atoms with Crippen LogP contribution in [0.15, 0.2) is 42.5 Å². The summed E-state index contributed by atoms with van der Waals surface area (Å²) >= 11 is 0. The lowest BCUT2D eigenvalue weighted by Crippen LogP contribution is -2.36. The Hall–Kier alpha value is -3.07. The van der Waals surface area contributed by atoms with E-state index < -0.39 is 0 Å². The summed E-state index contributed by atoms with van der Waals surface area (Å²) in [7, 11) is 0. The average molecular weight is 349 g/mol. The van der Waals surface area contributed by atoms with Crippen molar-refractivity contribution in [3.05, 3.63) is 59.4 Å². The third-order valence-corrected chi connectivity index (χ3v) is 4.68. The van der Waals surface area contributed by atoms with Crippen molar-refractivity contribution in [1.82, 2.24) is 15.1 Å². The van der Waals surface area contributed by atoms with Crippen LogP contribution in [-0.2, 0) is 6.54 Å². The number of nitriles is 1. The van der Waals surface area contributed by atoms with Gasteiger partial charge in [-0.25, -0.2) is 4.79 Å². The molecule has 2 N–H and O–H groups in total. The van der Waals surface area contributed by atoms with E-state index in [0.29, 0.717) is 13.0 Å². The highest BCUT2D eigenvalue weighted by Gasteiger charge is 2.26. The maximum absolute atomic E-state index is 12.2. The van der Waals surface area contributed by atoms with Gasteiger partial charge in [-0.05, 0) is 32.4 Å². The lowest BCUT2D eigenvalue weighted by Gasteiger charge is -2.15. The standard InChI is InChI=1S/C20H23N5O/c1-14-19(15(2)25(24-14)12-6-11-21)16-9-10-18(13-16)23-20(26)22-17-7-4-3-5-8-17/h3-5,7-10,16,18H,6,12-13H2,1-2H3,(H2,22,23,26). The minimum atomic E-state index is -0.204. The number of benzene rings is 1. The number of carbonyl (C=O) groups excluding carboxylic acids is 1. The van der Waals surface area contributed by atoms with Gasteiger partial charge >= 0.3 is 6.03 Å². The van der Waals surface area contributed by atoms with Gasteiger partial charge in [0, 0.05) is 28.9 Å². The van der Waals surface area contributed by atoms with Crippen LogP contribution >= 0.6 is 0 Å². The number of nitrogens with zero attached hydrogens (tertiary/aromatic N) is 3. The summed E-state index contributed by atoms with van der Waals surface area (Å²) in [6.07, 6.45) is 5.44. The molecule has 134 valence electrons. The monoisotopic (exact) mass is 349 g/mol. The third-order valence-electron chi connectivity index (χ3n) is 4.68. The lowest BCUT2D eigenvalue weighted by molar-refractivity contribution is 0.250. The number of anilines is 1. The van der Waals surface area contributed by atoms with E-state index in [2.05, 4.69) is 27.9 Å². The van der Waals surface area contributed by atoms with Crippen LogP contribution in [0.2, 0.25) is 0 Å². The molecule has 3 rings (SSSR count). The quantitative estimate of drug-likeness (QED) is 0.808. The Kier molecular flexibility index (Phi) is 5.37. The smallest absolute Gasteiger partial charge is 0.319 e. The fraction of sp³-hybridized carbons (Fsp3) is 0.350. The van der Waals surface area contributed by atoms with E-state index in [0.717, 1.165) is 23.5 Å². The first-order valence-electron chi connectivity index (χ1n) is 8.80. The van der Waals surface area contributed by atoms with Crippen LogP contribution in [0.25, 0.3) is 0 Å². The summed E-state index contributed by atoms with van der Waals surface area (Å²) in [5.74, 6) is 0.230. The fourth-order valence-electron chi connectivity index (χ4n) is 3.50. The number of carbonyl (C=O) groups is 1. The molecule has 6 nitrogen and oxygen atoms in total. The Morgan fingerprint density at radius 3 is 2.81 bits per heavy atom. The first-order chi connectivity index (χ1) is 12.6. The number of nitrogens with one attached hydrogen (secondary N) is 2. The Balaban J connectivity index is 1.61. The van der Waals surface area contributed by atoms with Crippen LogP contribution in [0.5, 0.6) is 0 Å². The van der Waals surface area contributed by atoms with Gasteiger partial charge in [0.1, 0.15) is 0 Å². The zero-order valence-corrected chi connectivity index (χ0v) is 15.1. The first-order valence-corrected chi connectivity index (χ1v) is 8.80. The number of hydrogen-bond donors (Lipinski definition) is 2. The molecule has 2 amide bonds. The molecular formula is C20H23N5O. The topological polar surface area (TPSA) is 82.7 Å². The van der Waals surface area contributed by atoms with Crippen LogP contribution in [0.4, 0.5) is 10.5 Å². The van der Waals surface area contributed by atoms with E-state index in [4.69, 9.17) is 5.26 Å². The van der Waals surface area contributed by atoms with Crippen molar-refractivity contribution in [2.24, 2.45) is 0 Å².